The Labute approximate surface area is 118 Å². The van der Waals surface area contributed by atoms with E-state index >= 15 is 0 Å². The Hall–Kier alpha value is -1.46. The van der Waals surface area contributed by atoms with Gasteiger partial charge in [-0.15, -0.1) is 0 Å². The molecule has 0 saturated carbocycles. The van der Waals surface area contributed by atoms with E-state index in [2.05, 4.69) is 15.9 Å². The summed E-state index contributed by atoms with van der Waals surface area (Å²) in [6, 6.07) is 8.01. The van der Waals surface area contributed by atoms with Crippen LogP contribution in [-0.4, -0.2) is 0 Å². The molecule has 0 radical (unpaired) electrons. The Bertz CT molecular complexity index is 602. The molecule has 19 heavy (non-hydrogen) atoms. The second-order valence-corrected chi connectivity index (χ2v) is 5.06. The van der Waals surface area contributed by atoms with Gasteiger partial charge in [-0.25, -0.2) is 8.78 Å². The molecule has 2 nitrogen and oxygen atoms in total. The van der Waals surface area contributed by atoms with Gasteiger partial charge in [0.05, 0.1) is 0 Å². The Morgan fingerprint density at radius 3 is 2.42 bits per heavy atom. The molecule has 5 heteroatoms. The molecular weight excluding hydrogens is 316 g/mol. The van der Waals surface area contributed by atoms with Crippen molar-refractivity contribution < 1.29 is 13.5 Å². The summed E-state index contributed by atoms with van der Waals surface area (Å²) in [5.74, 6) is -0.500. The van der Waals surface area contributed by atoms with Crippen LogP contribution >= 0.6 is 15.9 Å². The highest BCUT2D eigenvalue weighted by Crippen LogP contribution is 2.31. The van der Waals surface area contributed by atoms with Gasteiger partial charge in [0.2, 0.25) is 0 Å². The van der Waals surface area contributed by atoms with Gasteiger partial charge in [0.1, 0.15) is 11.6 Å². The summed E-state index contributed by atoms with van der Waals surface area (Å²) in [5.41, 5.74) is 6.24. The van der Waals surface area contributed by atoms with Gasteiger partial charge >= 0.3 is 0 Å². The quantitative estimate of drug-likeness (QED) is 0.898. The van der Waals surface area contributed by atoms with Crippen LogP contribution < -0.4 is 10.5 Å². The fraction of sp³-hybridized carbons (Fsp3) is 0.143. The molecule has 2 aromatic carbocycles. The van der Waals surface area contributed by atoms with Crippen molar-refractivity contribution in [2.75, 3.05) is 0 Å². The summed E-state index contributed by atoms with van der Waals surface area (Å²) < 4.78 is 33.0. The van der Waals surface area contributed by atoms with Crippen molar-refractivity contribution in [3.05, 3.63) is 58.1 Å². The Kier molecular flexibility index (Phi) is 4.17. The van der Waals surface area contributed by atoms with Crippen LogP contribution in [0.3, 0.4) is 0 Å². The average Bonchev–Trinajstić information content (AvgIpc) is 2.34. The lowest BCUT2D eigenvalue weighted by atomic mass is 10.1. The molecule has 1 atom stereocenters. The van der Waals surface area contributed by atoms with E-state index in [9.17, 15) is 8.78 Å². The normalized spacial score (nSPS) is 12.3. The summed E-state index contributed by atoms with van der Waals surface area (Å²) >= 11 is 3.16. The maximum absolute atomic E-state index is 13.7. The highest BCUT2D eigenvalue weighted by Gasteiger charge is 2.12. The predicted octanol–water partition coefficient (Wildman–Crippen LogP) is 4.54. The molecule has 0 aliphatic carbocycles. The van der Waals surface area contributed by atoms with Crippen LogP contribution in [0.1, 0.15) is 18.5 Å². The first-order valence-electron chi connectivity index (χ1n) is 5.65. The molecule has 0 bridgehead atoms. The summed E-state index contributed by atoms with van der Waals surface area (Å²) in [6.07, 6.45) is 0. The Balaban J connectivity index is 2.38. The van der Waals surface area contributed by atoms with Gasteiger partial charge < -0.3 is 10.5 Å². The van der Waals surface area contributed by atoms with Crippen molar-refractivity contribution in [3.63, 3.8) is 0 Å². The summed E-state index contributed by atoms with van der Waals surface area (Å²) in [5, 5.41) is 0. The topological polar surface area (TPSA) is 35.2 Å². The molecule has 0 aliphatic rings. The average molecular weight is 328 g/mol. The molecule has 2 aromatic rings. The molecule has 0 saturated heterocycles. The standard InChI is InChI=1S/C14H12BrF2NO/c1-8(18)11-7-10(16)3-5-13(11)19-14-4-2-9(15)6-12(14)17/h2-8H,18H2,1H3. The molecule has 0 amide bonds. The number of nitrogens with two attached hydrogens (primary N) is 1. The smallest absolute Gasteiger partial charge is 0.166 e. The van der Waals surface area contributed by atoms with Gasteiger partial charge in [0.15, 0.2) is 11.6 Å². The summed E-state index contributed by atoms with van der Waals surface area (Å²) in [7, 11) is 0. The molecule has 1 unspecified atom stereocenters. The lowest BCUT2D eigenvalue weighted by Gasteiger charge is -2.14. The first kappa shape index (κ1) is 14.0. The number of halogens is 3. The zero-order valence-corrected chi connectivity index (χ0v) is 11.7. The zero-order chi connectivity index (χ0) is 14.0. The van der Waals surface area contributed by atoms with Crippen molar-refractivity contribution in [1.29, 1.82) is 0 Å². The summed E-state index contributed by atoms with van der Waals surface area (Å²) in [6.45, 7) is 1.71. The van der Waals surface area contributed by atoms with Crippen LogP contribution in [0.4, 0.5) is 8.78 Å². The van der Waals surface area contributed by atoms with E-state index in [-0.39, 0.29) is 5.75 Å². The predicted molar refractivity (Wildman–Crippen MR) is 73.2 cm³/mol. The first-order valence-corrected chi connectivity index (χ1v) is 6.44. The van der Waals surface area contributed by atoms with Crippen LogP contribution in [0.15, 0.2) is 40.9 Å². The SMILES string of the molecule is CC(N)c1cc(F)ccc1Oc1ccc(Br)cc1F. The van der Waals surface area contributed by atoms with Crippen molar-refractivity contribution in [2.24, 2.45) is 5.73 Å². The van der Waals surface area contributed by atoms with Gasteiger partial charge in [0.25, 0.3) is 0 Å². The second kappa shape index (κ2) is 5.67. The minimum Gasteiger partial charge on any atom is -0.454 e. The van der Waals surface area contributed by atoms with E-state index in [0.29, 0.717) is 15.8 Å². The van der Waals surface area contributed by atoms with E-state index in [1.165, 1.54) is 30.3 Å². The fourth-order valence-electron chi connectivity index (χ4n) is 1.64. The van der Waals surface area contributed by atoms with Crippen LogP contribution in [0.2, 0.25) is 0 Å². The van der Waals surface area contributed by atoms with Crippen molar-refractivity contribution in [3.8, 4) is 11.5 Å². The highest BCUT2D eigenvalue weighted by atomic mass is 79.9. The van der Waals surface area contributed by atoms with E-state index in [1.807, 2.05) is 0 Å². The summed E-state index contributed by atoms with van der Waals surface area (Å²) in [4.78, 5) is 0. The highest BCUT2D eigenvalue weighted by molar-refractivity contribution is 9.10. The van der Waals surface area contributed by atoms with Gasteiger partial charge in [-0.3, -0.25) is 0 Å². The molecule has 0 heterocycles. The van der Waals surface area contributed by atoms with E-state index in [1.54, 1.807) is 13.0 Å². The number of benzene rings is 2. The lowest BCUT2D eigenvalue weighted by Crippen LogP contribution is -2.07. The zero-order valence-electron chi connectivity index (χ0n) is 10.2. The van der Waals surface area contributed by atoms with E-state index in [4.69, 9.17) is 10.5 Å². The molecule has 0 fully saturated rings. The lowest BCUT2D eigenvalue weighted by molar-refractivity contribution is 0.433. The first-order chi connectivity index (χ1) is 8.97. The minimum atomic E-state index is -0.505. The van der Waals surface area contributed by atoms with E-state index < -0.39 is 17.7 Å². The van der Waals surface area contributed by atoms with Crippen molar-refractivity contribution in [1.82, 2.24) is 0 Å². The van der Waals surface area contributed by atoms with Crippen molar-refractivity contribution >= 4 is 15.9 Å². The van der Waals surface area contributed by atoms with Crippen LogP contribution in [0.25, 0.3) is 0 Å². The molecule has 2 rings (SSSR count). The number of hydrogen-bond donors (Lipinski definition) is 1. The molecule has 0 spiro atoms. The number of rotatable bonds is 3. The third-order valence-electron chi connectivity index (χ3n) is 2.58. The molecular formula is C14H12BrF2NO. The van der Waals surface area contributed by atoms with Gasteiger partial charge in [0, 0.05) is 16.1 Å². The van der Waals surface area contributed by atoms with Crippen LogP contribution in [0, 0.1) is 11.6 Å². The van der Waals surface area contributed by atoms with Gasteiger partial charge in [-0.1, -0.05) is 15.9 Å². The second-order valence-electron chi connectivity index (χ2n) is 4.15. The van der Waals surface area contributed by atoms with Gasteiger partial charge in [-0.05, 0) is 43.3 Å². The minimum absolute atomic E-state index is 0.0664. The number of hydrogen-bond acceptors (Lipinski definition) is 2. The van der Waals surface area contributed by atoms with Crippen molar-refractivity contribution in [2.45, 2.75) is 13.0 Å². The van der Waals surface area contributed by atoms with Crippen LogP contribution in [0.5, 0.6) is 11.5 Å². The fourth-order valence-corrected chi connectivity index (χ4v) is 1.98. The Morgan fingerprint density at radius 1 is 1.11 bits per heavy atom. The number of ether oxygens (including phenoxy) is 1. The maximum Gasteiger partial charge on any atom is 0.166 e. The largest absolute Gasteiger partial charge is 0.454 e. The third kappa shape index (κ3) is 3.30. The van der Waals surface area contributed by atoms with E-state index in [0.717, 1.165) is 0 Å². The monoisotopic (exact) mass is 327 g/mol. The van der Waals surface area contributed by atoms with Gasteiger partial charge in [-0.2, -0.15) is 0 Å². The molecule has 0 aromatic heterocycles. The molecule has 100 valence electrons. The third-order valence-corrected chi connectivity index (χ3v) is 3.07. The maximum atomic E-state index is 13.7. The van der Waals surface area contributed by atoms with Crippen LogP contribution in [-0.2, 0) is 0 Å². The molecule has 2 N–H and O–H groups in total. The Morgan fingerprint density at radius 2 is 1.79 bits per heavy atom. The molecule has 0 aliphatic heterocycles.